The minimum atomic E-state index is -3.58. The van der Waals surface area contributed by atoms with Gasteiger partial charge in [-0.15, -0.1) is 0 Å². The number of carbonyl (C=O) groups is 2. The van der Waals surface area contributed by atoms with E-state index in [4.69, 9.17) is 16.3 Å². The second kappa shape index (κ2) is 11.2. The molecule has 2 unspecified atom stereocenters. The number of carbonyl (C=O) groups excluding carboxylic acids is 2. The number of morpholine rings is 1. The molecule has 9 nitrogen and oxygen atoms in total. The van der Waals surface area contributed by atoms with Gasteiger partial charge in [0.15, 0.2) is 9.84 Å². The summed E-state index contributed by atoms with van der Waals surface area (Å²) in [4.78, 5) is 25.5. The maximum Gasteiger partial charge on any atom is 0.326 e. The third-order valence-electron chi connectivity index (χ3n) is 6.51. The van der Waals surface area contributed by atoms with Crippen LogP contribution in [-0.4, -0.2) is 39.1 Å². The number of hydrogen-bond acceptors (Lipinski definition) is 7. The van der Waals surface area contributed by atoms with Crippen LogP contribution in [0.5, 0.6) is 0 Å². The van der Waals surface area contributed by atoms with Crippen molar-refractivity contribution in [2.24, 2.45) is 0 Å². The SMILES string of the molecule is O=C(NC(=O)c1ccccc1C1COC(Cl)CN1)Nc1ccc(S(=O)(=O)Cc2ccc3c(c2)CNC3)cc1. The molecule has 0 aliphatic carbocycles. The minimum absolute atomic E-state index is 0.117. The van der Waals surface area contributed by atoms with Crippen LogP contribution in [-0.2, 0) is 33.4 Å². The number of ether oxygens (including phenoxy) is 1. The number of fused-ring (bicyclic) bond motifs is 1. The number of anilines is 1. The van der Waals surface area contributed by atoms with Crippen LogP contribution in [0.3, 0.4) is 0 Å². The number of rotatable bonds is 6. The fraction of sp³-hybridized carbons (Fsp3) is 0.259. The standard InChI is InChI=1S/C27H27ClN4O5S/c28-25-14-30-24(15-37-25)22-3-1-2-4-23(22)26(33)32-27(34)31-20-7-9-21(10-8-20)38(35,36)16-17-5-6-18-12-29-13-19(18)11-17/h1-11,24-25,29-30H,12-16H2,(H2,31,32,33,34). The van der Waals surface area contributed by atoms with Gasteiger partial charge in [0.1, 0.15) is 5.56 Å². The summed E-state index contributed by atoms with van der Waals surface area (Å²) in [5, 5.41) is 11.4. The van der Waals surface area contributed by atoms with Gasteiger partial charge in [-0.3, -0.25) is 10.1 Å². The van der Waals surface area contributed by atoms with Crippen LogP contribution in [0.4, 0.5) is 10.5 Å². The molecule has 38 heavy (non-hydrogen) atoms. The molecule has 0 aromatic heterocycles. The molecular formula is C27H27ClN4O5S. The summed E-state index contributed by atoms with van der Waals surface area (Å²) < 4.78 is 31.3. The third-order valence-corrected chi connectivity index (χ3v) is 8.49. The third kappa shape index (κ3) is 6.06. The molecule has 0 spiro atoms. The molecule has 2 heterocycles. The van der Waals surface area contributed by atoms with Gasteiger partial charge in [-0.2, -0.15) is 0 Å². The Kier molecular flexibility index (Phi) is 7.78. The first-order chi connectivity index (χ1) is 18.3. The minimum Gasteiger partial charge on any atom is -0.359 e. The Morgan fingerprint density at radius 2 is 1.76 bits per heavy atom. The first kappa shape index (κ1) is 26.3. The lowest BCUT2D eigenvalue weighted by atomic mass is 9.99. The Morgan fingerprint density at radius 3 is 2.53 bits per heavy atom. The van der Waals surface area contributed by atoms with Gasteiger partial charge in [0, 0.05) is 30.9 Å². The van der Waals surface area contributed by atoms with Crippen LogP contribution in [0, 0.1) is 0 Å². The fourth-order valence-electron chi connectivity index (χ4n) is 4.58. The highest BCUT2D eigenvalue weighted by Gasteiger charge is 2.25. The van der Waals surface area contributed by atoms with Crippen LogP contribution in [0.2, 0.25) is 0 Å². The number of sulfone groups is 1. The van der Waals surface area contributed by atoms with Gasteiger partial charge in [-0.05, 0) is 52.6 Å². The molecule has 0 bridgehead atoms. The Balaban J connectivity index is 1.20. The summed E-state index contributed by atoms with van der Waals surface area (Å²) in [5.41, 5.74) is 3.97. The van der Waals surface area contributed by atoms with E-state index in [0.29, 0.717) is 30.0 Å². The number of amides is 3. The van der Waals surface area contributed by atoms with Crippen molar-refractivity contribution in [3.8, 4) is 0 Å². The average Bonchev–Trinajstić information content (AvgIpc) is 3.37. The molecule has 3 amide bonds. The van der Waals surface area contributed by atoms with Gasteiger partial charge in [0.2, 0.25) is 0 Å². The summed E-state index contributed by atoms with van der Waals surface area (Å²) in [5.74, 6) is -0.690. The van der Waals surface area contributed by atoms with E-state index in [-0.39, 0.29) is 16.7 Å². The summed E-state index contributed by atoms with van der Waals surface area (Å²) >= 11 is 5.95. The number of hydrogen-bond donors (Lipinski definition) is 4. The summed E-state index contributed by atoms with van der Waals surface area (Å²) in [7, 11) is -3.58. The molecule has 3 aromatic carbocycles. The molecule has 0 saturated carbocycles. The van der Waals surface area contributed by atoms with E-state index in [1.165, 1.54) is 29.8 Å². The van der Waals surface area contributed by atoms with Crippen molar-refractivity contribution in [2.45, 2.75) is 35.3 Å². The highest BCUT2D eigenvalue weighted by molar-refractivity contribution is 7.90. The van der Waals surface area contributed by atoms with Gasteiger partial charge >= 0.3 is 6.03 Å². The molecule has 11 heteroatoms. The molecule has 0 radical (unpaired) electrons. The molecule has 2 aliphatic rings. The van der Waals surface area contributed by atoms with Crippen molar-refractivity contribution < 1.29 is 22.7 Å². The van der Waals surface area contributed by atoms with Crippen molar-refractivity contribution in [3.63, 3.8) is 0 Å². The molecule has 3 aromatic rings. The Labute approximate surface area is 225 Å². The predicted octanol–water partition coefficient (Wildman–Crippen LogP) is 3.45. The van der Waals surface area contributed by atoms with E-state index in [1.54, 1.807) is 24.3 Å². The summed E-state index contributed by atoms with van der Waals surface area (Å²) in [6.07, 6.45) is 0. The predicted molar refractivity (Wildman–Crippen MR) is 144 cm³/mol. The number of nitrogens with one attached hydrogen (secondary N) is 4. The van der Waals surface area contributed by atoms with Crippen LogP contribution >= 0.6 is 11.6 Å². The Hall–Kier alpha value is -3.28. The van der Waals surface area contributed by atoms with E-state index in [0.717, 1.165) is 24.2 Å². The zero-order chi connectivity index (χ0) is 26.7. The maximum atomic E-state index is 12.9. The van der Waals surface area contributed by atoms with Crippen LogP contribution in [0.15, 0.2) is 71.6 Å². The van der Waals surface area contributed by atoms with Gasteiger partial charge in [0.05, 0.1) is 23.3 Å². The smallest absolute Gasteiger partial charge is 0.326 e. The van der Waals surface area contributed by atoms with Gasteiger partial charge in [-0.25, -0.2) is 13.2 Å². The van der Waals surface area contributed by atoms with Crippen LogP contribution < -0.4 is 21.3 Å². The van der Waals surface area contributed by atoms with E-state index < -0.39 is 27.3 Å². The molecule has 1 fully saturated rings. The summed E-state index contributed by atoms with van der Waals surface area (Å²) in [6, 6.07) is 17.5. The van der Waals surface area contributed by atoms with E-state index in [9.17, 15) is 18.0 Å². The topological polar surface area (TPSA) is 126 Å². The zero-order valence-electron chi connectivity index (χ0n) is 20.4. The first-order valence-electron chi connectivity index (χ1n) is 12.1. The first-order valence-corrected chi connectivity index (χ1v) is 14.2. The van der Waals surface area contributed by atoms with Gasteiger partial charge in [-0.1, -0.05) is 48.0 Å². The lowest BCUT2D eigenvalue weighted by Gasteiger charge is -2.28. The molecule has 1 saturated heterocycles. The monoisotopic (exact) mass is 554 g/mol. The normalized spacial score (nSPS) is 19.0. The van der Waals surface area contributed by atoms with Gasteiger partial charge in [0.25, 0.3) is 5.91 Å². The lowest BCUT2D eigenvalue weighted by Crippen LogP contribution is -2.40. The maximum absolute atomic E-state index is 12.9. The zero-order valence-corrected chi connectivity index (χ0v) is 21.9. The molecular weight excluding hydrogens is 528 g/mol. The molecule has 5 rings (SSSR count). The number of urea groups is 1. The fourth-order valence-corrected chi connectivity index (χ4v) is 6.08. The number of alkyl halides is 1. The molecule has 2 aliphatic heterocycles. The van der Waals surface area contributed by atoms with E-state index >= 15 is 0 Å². The molecule has 4 N–H and O–H groups in total. The van der Waals surface area contributed by atoms with Crippen molar-refractivity contribution in [1.82, 2.24) is 16.0 Å². The highest BCUT2D eigenvalue weighted by atomic mass is 35.5. The average molecular weight is 555 g/mol. The lowest BCUT2D eigenvalue weighted by molar-refractivity contribution is 0.0504. The number of halogens is 1. The van der Waals surface area contributed by atoms with E-state index in [2.05, 4.69) is 21.3 Å². The van der Waals surface area contributed by atoms with E-state index in [1.807, 2.05) is 18.2 Å². The quantitative estimate of drug-likeness (QED) is 0.344. The van der Waals surface area contributed by atoms with Crippen LogP contribution in [0.25, 0.3) is 0 Å². The largest absolute Gasteiger partial charge is 0.359 e. The molecule has 198 valence electrons. The van der Waals surface area contributed by atoms with Crippen molar-refractivity contribution in [2.75, 3.05) is 18.5 Å². The Morgan fingerprint density at radius 1 is 1.00 bits per heavy atom. The number of benzene rings is 3. The summed E-state index contributed by atoms with van der Waals surface area (Å²) in [6.45, 7) is 2.26. The highest BCUT2D eigenvalue weighted by Crippen LogP contribution is 2.24. The Bertz CT molecular complexity index is 1450. The second-order valence-corrected chi connectivity index (χ2v) is 11.7. The number of imide groups is 1. The van der Waals surface area contributed by atoms with Gasteiger partial charge < -0.3 is 20.7 Å². The van der Waals surface area contributed by atoms with Crippen molar-refractivity contribution in [1.29, 1.82) is 0 Å². The van der Waals surface area contributed by atoms with Crippen molar-refractivity contribution in [3.05, 3.63) is 94.5 Å². The second-order valence-electron chi connectivity index (χ2n) is 9.19. The van der Waals surface area contributed by atoms with Crippen molar-refractivity contribution >= 4 is 39.1 Å². The molecule has 2 atom stereocenters. The van der Waals surface area contributed by atoms with Crippen LogP contribution in [0.1, 0.15) is 38.7 Å².